The normalized spacial score (nSPS) is 9.48. The predicted molar refractivity (Wildman–Crippen MR) is 84.9 cm³/mol. The summed E-state index contributed by atoms with van der Waals surface area (Å²) in [6.45, 7) is 0. The van der Waals surface area contributed by atoms with E-state index in [-0.39, 0.29) is 5.78 Å². The van der Waals surface area contributed by atoms with E-state index in [1.807, 2.05) is 30.3 Å². The quantitative estimate of drug-likeness (QED) is 0.629. The lowest BCUT2D eigenvalue weighted by molar-refractivity contribution is 0.105. The average molecular weight is 345 g/mol. The van der Waals surface area contributed by atoms with Gasteiger partial charge in [-0.25, -0.2) is 0 Å². The van der Waals surface area contributed by atoms with Gasteiger partial charge >= 0.3 is 0 Å². The summed E-state index contributed by atoms with van der Waals surface area (Å²) in [5.41, 5.74) is 1.19. The Morgan fingerprint density at radius 1 is 1.05 bits per heavy atom. The minimum atomic E-state index is -0.306. The molecule has 0 radical (unpaired) electrons. The molecule has 106 valence electrons. The molecule has 2 rings (SSSR count). The van der Waals surface area contributed by atoms with Crippen LogP contribution in [0, 0.1) is 11.8 Å². The van der Waals surface area contributed by atoms with Gasteiger partial charge in [0.05, 0.1) is 19.8 Å². The number of carbonyl (C=O) groups excluding carboxylic acids is 1. The van der Waals surface area contributed by atoms with Crippen LogP contribution in [0.5, 0.6) is 11.5 Å². The summed E-state index contributed by atoms with van der Waals surface area (Å²) in [6, 6.07) is 12.7. The molecule has 2 aromatic carbocycles. The van der Waals surface area contributed by atoms with Crippen LogP contribution in [0.4, 0.5) is 0 Å². The Kier molecular flexibility index (Phi) is 5.02. The van der Waals surface area contributed by atoms with Crippen LogP contribution in [0.1, 0.15) is 15.9 Å². The Balaban J connectivity index is 2.36. The molecule has 2 aromatic rings. The van der Waals surface area contributed by atoms with Crippen molar-refractivity contribution in [3.05, 3.63) is 58.1 Å². The van der Waals surface area contributed by atoms with Gasteiger partial charge in [0.15, 0.2) is 0 Å². The van der Waals surface area contributed by atoms with E-state index in [9.17, 15) is 4.79 Å². The van der Waals surface area contributed by atoms with Gasteiger partial charge in [0.2, 0.25) is 5.78 Å². The zero-order chi connectivity index (χ0) is 15.2. The fourth-order valence-electron chi connectivity index (χ4n) is 1.79. The smallest absolute Gasteiger partial charge is 0.240 e. The zero-order valence-corrected chi connectivity index (χ0v) is 13.2. The second-order valence-corrected chi connectivity index (χ2v) is 4.90. The topological polar surface area (TPSA) is 35.5 Å². The van der Waals surface area contributed by atoms with Gasteiger partial charge < -0.3 is 9.47 Å². The number of methoxy groups -OCH3 is 2. The van der Waals surface area contributed by atoms with Crippen LogP contribution < -0.4 is 9.47 Å². The Morgan fingerprint density at radius 3 is 2.38 bits per heavy atom. The molecule has 0 fully saturated rings. The second-order valence-electron chi connectivity index (χ2n) is 4.11. The Hall–Kier alpha value is -2.25. The molecule has 0 amide bonds. The number of hydrogen-bond acceptors (Lipinski definition) is 3. The second kappa shape index (κ2) is 6.96. The summed E-state index contributed by atoms with van der Waals surface area (Å²) in [6.07, 6.45) is 0. The number of hydrogen-bond donors (Lipinski definition) is 0. The molecule has 4 heteroatoms. The standard InChI is InChI=1S/C17H13BrO3/c1-20-15-11-9-13(17(21-2)16(15)18)14(19)10-8-12-6-4-3-5-7-12/h3-7,9,11H,1-2H3. The Morgan fingerprint density at radius 2 is 1.76 bits per heavy atom. The van der Waals surface area contributed by atoms with E-state index in [0.717, 1.165) is 5.56 Å². The van der Waals surface area contributed by atoms with Crippen molar-refractivity contribution in [2.75, 3.05) is 14.2 Å². The van der Waals surface area contributed by atoms with Crippen LogP contribution >= 0.6 is 15.9 Å². The number of ether oxygens (including phenoxy) is 2. The molecule has 0 spiro atoms. The van der Waals surface area contributed by atoms with Crippen molar-refractivity contribution >= 4 is 21.7 Å². The van der Waals surface area contributed by atoms with Crippen molar-refractivity contribution < 1.29 is 14.3 Å². The minimum absolute atomic E-state index is 0.306. The number of ketones is 1. The van der Waals surface area contributed by atoms with Crippen molar-refractivity contribution in [1.29, 1.82) is 0 Å². The van der Waals surface area contributed by atoms with E-state index < -0.39 is 0 Å². The number of Topliss-reactive ketones (excluding diaryl/α,β-unsaturated/α-hetero) is 1. The summed E-state index contributed by atoms with van der Waals surface area (Å²) < 4.78 is 11.1. The summed E-state index contributed by atoms with van der Waals surface area (Å²) >= 11 is 3.37. The molecule has 0 N–H and O–H groups in total. The third-order valence-corrected chi connectivity index (χ3v) is 3.58. The van der Waals surface area contributed by atoms with Gasteiger partial charge in [0, 0.05) is 5.56 Å². The van der Waals surface area contributed by atoms with Crippen molar-refractivity contribution in [1.82, 2.24) is 0 Å². The number of rotatable bonds is 3. The summed E-state index contributed by atoms with van der Waals surface area (Å²) in [5.74, 6) is 6.17. The fourth-order valence-corrected chi connectivity index (χ4v) is 2.46. The molecule has 0 aliphatic heterocycles. The number of benzene rings is 2. The van der Waals surface area contributed by atoms with E-state index in [1.165, 1.54) is 7.11 Å². The van der Waals surface area contributed by atoms with Crippen LogP contribution in [0.25, 0.3) is 0 Å². The molecule has 0 saturated carbocycles. The van der Waals surface area contributed by atoms with Crippen molar-refractivity contribution in [2.24, 2.45) is 0 Å². The average Bonchev–Trinajstić information content (AvgIpc) is 2.53. The van der Waals surface area contributed by atoms with Gasteiger partial charge in [-0.3, -0.25) is 4.79 Å². The molecular weight excluding hydrogens is 332 g/mol. The molecule has 21 heavy (non-hydrogen) atoms. The monoisotopic (exact) mass is 344 g/mol. The molecule has 0 bridgehead atoms. The predicted octanol–water partition coefficient (Wildman–Crippen LogP) is 3.70. The van der Waals surface area contributed by atoms with Crippen LogP contribution in [-0.2, 0) is 0 Å². The lowest BCUT2D eigenvalue weighted by Crippen LogP contribution is -2.01. The van der Waals surface area contributed by atoms with Gasteiger partial charge in [0.1, 0.15) is 16.0 Å². The first-order chi connectivity index (χ1) is 10.2. The molecule has 0 aromatic heterocycles. The van der Waals surface area contributed by atoms with Crippen LogP contribution in [0.15, 0.2) is 46.9 Å². The number of halogens is 1. The first-order valence-corrected chi connectivity index (χ1v) is 6.98. The minimum Gasteiger partial charge on any atom is -0.495 e. The third kappa shape index (κ3) is 3.45. The Labute approximate surface area is 132 Å². The molecule has 0 unspecified atom stereocenters. The summed E-state index contributed by atoms with van der Waals surface area (Å²) in [4.78, 5) is 12.2. The van der Waals surface area contributed by atoms with Crippen LogP contribution in [-0.4, -0.2) is 20.0 Å². The van der Waals surface area contributed by atoms with E-state index >= 15 is 0 Å². The van der Waals surface area contributed by atoms with Gasteiger partial charge in [-0.05, 0) is 46.1 Å². The first kappa shape index (κ1) is 15.1. The van der Waals surface area contributed by atoms with Crippen molar-refractivity contribution in [3.8, 4) is 23.3 Å². The lowest BCUT2D eigenvalue weighted by atomic mass is 10.1. The summed E-state index contributed by atoms with van der Waals surface area (Å²) in [7, 11) is 3.05. The van der Waals surface area contributed by atoms with E-state index in [4.69, 9.17) is 9.47 Å². The Bertz CT molecular complexity index is 712. The maximum Gasteiger partial charge on any atom is 0.240 e. The van der Waals surface area contributed by atoms with E-state index in [2.05, 4.69) is 27.8 Å². The molecule has 3 nitrogen and oxygen atoms in total. The highest BCUT2D eigenvalue weighted by molar-refractivity contribution is 9.10. The summed E-state index contributed by atoms with van der Waals surface area (Å²) in [5, 5.41) is 0. The van der Waals surface area contributed by atoms with Gasteiger partial charge in [-0.1, -0.05) is 24.1 Å². The lowest BCUT2D eigenvalue weighted by Gasteiger charge is -2.10. The van der Waals surface area contributed by atoms with Crippen molar-refractivity contribution in [2.45, 2.75) is 0 Å². The molecule has 0 saturated heterocycles. The fraction of sp³-hybridized carbons (Fsp3) is 0.118. The van der Waals surface area contributed by atoms with Gasteiger partial charge in [-0.15, -0.1) is 0 Å². The highest BCUT2D eigenvalue weighted by atomic mass is 79.9. The number of carbonyl (C=O) groups is 1. The van der Waals surface area contributed by atoms with Gasteiger partial charge in [-0.2, -0.15) is 0 Å². The molecular formula is C17H13BrO3. The molecule has 0 heterocycles. The molecule has 0 aliphatic rings. The zero-order valence-electron chi connectivity index (χ0n) is 11.6. The van der Waals surface area contributed by atoms with Gasteiger partial charge in [0.25, 0.3) is 0 Å². The van der Waals surface area contributed by atoms with Crippen LogP contribution in [0.2, 0.25) is 0 Å². The molecule has 0 aliphatic carbocycles. The first-order valence-electron chi connectivity index (χ1n) is 6.19. The highest BCUT2D eigenvalue weighted by Crippen LogP contribution is 2.37. The van der Waals surface area contributed by atoms with E-state index in [1.54, 1.807) is 19.2 Å². The largest absolute Gasteiger partial charge is 0.495 e. The third-order valence-electron chi connectivity index (χ3n) is 2.82. The maximum atomic E-state index is 12.2. The van der Waals surface area contributed by atoms with E-state index in [0.29, 0.717) is 21.5 Å². The SMILES string of the molecule is COc1ccc(C(=O)C#Cc2ccccc2)c(OC)c1Br. The van der Waals surface area contributed by atoms with Crippen molar-refractivity contribution in [3.63, 3.8) is 0 Å². The maximum absolute atomic E-state index is 12.2. The highest BCUT2D eigenvalue weighted by Gasteiger charge is 2.16. The van der Waals surface area contributed by atoms with Crippen LogP contribution in [0.3, 0.4) is 0 Å². The molecule has 0 atom stereocenters.